The number of rotatable bonds is 0. The average Bonchev–Trinajstić information content (AvgIpc) is 1.59. The summed E-state index contributed by atoms with van der Waals surface area (Å²) in [4.78, 5) is 9.13. The van der Waals surface area contributed by atoms with Gasteiger partial charge in [-0.15, -0.1) is 0 Å². The van der Waals surface area contributed by atoms with Gasteiger partial charge in [-0.3, -0.25) is 0 Å². The second kappa shape index (κ2) is 2.50. The summed E-state index contributed by atoms with van der Waals surface area (Å²) in [5.74, 6) is 0. The first-order chi connectivity index (χ1) is 4.18. The molecule has 45 valence electrons. The molecule has 0 spiro atoms. The van der Waals surface area contributed by atoms with E-state index in [0.29, 0.717) is 15.0 Å². The molecule has 3 radical (unpaired) electrons. The number of hydrogen-bond acceptors (Lipinski definition) is 3. The third-order valence-corrected chi connectivity index (χ3v) is 1.30. The summed E-state index contributed by atoms with van der Waals surface area (Å²) < 4.78 is 0.851. The van der Waals surface area contributed by atoms with Crippen molar-refractivity contribution in [1.82, 2.24) is 15.0 Å². The highest BCUT2D eigenvalue weighted by molar-refractivity contribution is 7.71. The van der Waals surface area contributed by atoms with Crippen LogP contribution in [-0.2, 0) is 0 Å². The summed E-state index contributed by atoms with van der Waals surface area (Å²) in [6.07, 6.45) is 0. The summed E-state index contributed by atoms with van der Waals surface area (Å²) in [5, 5.41) is 0. The lowest BCUT2D eigenvalue weighted by atomic mass is 11.1. The lowest BCUT2D eigenvalue weighted by Gasteiger charge is -1.88. The van der Waals surface area contributed by atoms with Crippen LogP contribution in [0.5, 0.6) is 0 Å². The van der Waals surface area contributed by atoms with Crippen LogP contribution in [-0.4, -0.2) is 25.2 Å². The van der Waals surface area contributed by atoms with E-state index in [9.17, 15) is 0 Å². The third kappa shape index (κ3) is 1.81. The van der Waals surface area contributed by atoms with Crippen LogP contribution in [0.15, 0.2) is 0 Å². The van der Waals surface area contributed by atoms with E-state index in [-0.39, 0.29) is 0 Å². The second-order valence-corrected chi connectivity index (χ2v) is 2.61. The predicted molar refractivity (Wildman–Crippen MR) is 40.0 cm³/mol. The van der Waals surface area contributed by atoms with Crippen LogP contribution >= 0.6 is 24.4 Å². The zero-order chi connectivity index (χ0) is 6.85. The Kier molecular flexibility index (Phi) is 1.89. The molecule has 0 saturated carbocycles. The second-order valence-electron chi connectivity index (χ2n) is 1.34. The predicted octanol–water partition coefficient (Wildman–Crippen LogP) is -0.00942. The summed E-state index contributed by atoms with van der Waals surface area (Å²) in [7, 11) is 3.14. The molecule has 0 amide bonds. The zero-order valence-electron chi connectivity index (χ0n) is 4.26. The van der Waals surface area contributed by atoms with Gasteiger partial charge in [0.05, 0.1) is 5.45 Å². The molecule has 0 aliphatic heterocycles. The molecule has 2 N–H and O–H groups in total. The molecule has 1 aromatic heterocycles. The van der Waals surface area contributed by atoms with Gasteiger partial charge in [-0.1, -0.05) is 0 Å². The number of nitrogens with zero attached hydrogens (tertiary/aromatic N) is 1. The van der Waals surface area contributed by atoms with Crippen LogP contribution in [0.1, 0.15) is 0 Å². The van der Waals surface area contributed by atoms with Gasteiger partial charge in [0.1, 0.15) is 10.2 Å². The SMILES string of the molecule is [Si]c1nc(=S)[nH]c(=S)[nH]1. The van der Waals surface area contributed by atoms with Crippen molar-refractivity contribution in [2.24, 2.45) is 0 Å². The quantitative estimate of drug-likeness (QED) is 0.427. The maximum Gasteiger partial charge on any atom is 0.200 e. The molecule has 0 aliphatic rings. The molecule has 0 aromatic carbocycles. The van der Waals surface area contributed by atoms with E-state index in [1.54, 1.807) is 0 Å². The Morgan fingerprint density at radius 1 is 1.33 bits per heavy atom. The monoisotopic (exact) mass is 172 g/mol. The van der Waals surface area contributed by atoms with Crippen LogP contribution in [0.4, 0.5) is 0 Å². The van der Waals surface area contributed by atoms with Gasteiger partial charge in [0.25, 0.3) is 0 Å². The minimum absolute atomic E-state index is 0.378. The standard InChI is InChI=1S/C3H2N3S2Si/c7-1-4-2(8)6-3(9)5-1/h(H2,4,5,6,7,8). The Hall–Kier alpha value is -0.333. The Morgan fingerprint density at radius 2 is 2.00 bits per heavy atom. The maximum atomic E-state index is 4.74. The Labute approximate surface area is 65.0 Å². The molecule has 3 nitrogen and oxygen atoms in total. The van der Waals surface area contributed by atoms with Crippen molar-refractivity contribution in [3.8, 4) is 0 Å². The van der Waals surface area contributed by atoms with Crippen LogP contribution < -0.4 is 5.45 Å². The molecule has 0 fully saturated rings. The van der Waals surface area contributed by atoms with Gasteiger partial charge >= 0.3 is 0 Å². The van der Waals surface area contributed by atoms with E-state index in [0.717, 1.165) is 0 Å². The first-order valence-corrected chi connectivity index (χ1v) is 3.42. The van der Waals surface area contributed by atoms with Gasteiger partial charge in [-0.2, -0.15) is 0 Å². The smallest absolute Gasteiger partial charge is 0.200 e. The van der Waals surface area contributed by atoms with Crippen molar-refractivity contribution in [2.75, 3.05) is 0 Å². The van der Waals surface area contributed by atoms with E-state index in [4.69, 9.17) is 24.4 Å². The molecule has 1 rings (SSSR count). The first-order valence-electron chi connectivity index (χ1n) is 2.11. The summed E-state index contributed by atoms with van der Waals surface area (Å²) >= 11 is 9.44. The van der Waals surface area contributed by atoms with Crippen LogP contribution in [0.25, 0.3) is 0 Å². The molecule has 0 saturated heterocycles. The van der Waals surface area contributed by atoms with E-state index in [2.05, 4.69) is 25.2 Å². The summed E-state index contributed by atoms with van der Waals surface area (Å²) in [6, 6.07) is 0. The molecule has 0 bridgehead atoms. The first kappa shape index (κ1) is 6.78. The largest absolute Gasteiger partial charge is 0.325 e. The molecule has 1 heterocycles. The molecule has 0 unspecified atom stereocenters. The molecule has 1 aromatic rings. The Balaban J connectivity index is 3.52. The van der Waals surface area contributed by atoms with Gasteiger partial charge in [0, 0.05) is 0 Å². The lowest BCUT2D eigenvalue weighted by molar-refractivity contribution is 1.04. The van der Waals surface area contributed by atoms with Crippen molar-refractivity contribution < 1.29 is 0 Å². The van der Waals surface area contributed by atoms with Gasteiger partial charge in [0.15, 0.2) is 9.54 Å². The van der Waals surface area contributed by atoms with Crippen LogP contribution in [0, 0.1) is 9.54 Å². The molecular weight excluding hydrogens is 170 g/mol. The van der Waals surface area contributed by atoms with Crippen molar-refractivity contribution in [3.05, 3.63) is 9.54 Å². The van der Waals surface area contributed by atoms with Crippen molar-refractivity contribution >= 4 is 40.1 Å². The molecule has 6 heteroatoms. The topological polar surface area (TPSA) is 44.5 Å². The summed E-state index contributed by atoms with van der Waals surface area (Å²) in [5.41, 5.74) is 0.545. The highest BCUT2D eigenvalue weighted by atomic mass is 32.1. The minimum atomic E-state index is 0.378. The van der Waals surface area contributed by atoms with E-state index in [1.807, 2.05) is 0 Å². The third-order valence-electron chi connectivity index (χ3n) is 0.666. The van der Waals surface area contributed by atoms with Gasteiger partial charge in [-0.25, -0.2) is 4.98 Å². The maximum absolute atomic E-state index is 4.74. The van der Waals surface area contributed by atoms with Crippen molar-refractivity contribution in [2.45, 2.75) is 0 Å². The highest BCUT2D eigenvalue weighted by Crippen LogP contribution is 1.72. The highest BCUT2D eigenvalue weighted by Gasteiger charge is 1.82. The Morgan fingerprint density at radius 3 is 2.44 bits per heavy atom. The van der Waals surface area contributed by atoms with Crippen molar-refractivity contribution in [1.29, 1.82) is 0 Å². The minimum Gasteiger partial charge on any atom is -0.325 e. The molecule has 9 heavy (non-hydrogen) atoms. The number of H-pyrrole nitrogens is 2. The lowest BCUT2D eigenvalue weighted by Crippen LogP contribution is -2.14. The fourth-order valence-corrected chi connectivity index (χ4v) is 1.25. The Bertz CT molecular complexity index is 285. The fourth-order valence-electron chi connectivity index (χ4n) is 0.393. The molecule has 0 atom stereocenters. The number of aromatic amines is 2. The normalized spacial score (nSPS) is 9.44. The van der Waals surface area contributed by atoms with Crippen LogP contribution in [0.3, 0.4) is 0 Å². The fraction of sp³-hybridized carbons (Fsp3) is 0. The summed E-state index contributed by atoms with van der Waals surface area (Å²) in [6.45, 7) is 0. The van der Waals surface area contributed by atoms with E-state index in [1.165, 1.54) is 0 Å². The molecule has 0 aliphatic carbocycles. The van der Waals surface area contributed by atoms with Crippen molar-refractivity contribution in [3.63, 3.8) is 0 Å². The van der Waals surface area contributed by atoms with Gasteiger partial charge in [-0.05, 0) is 24.4 Å². The average molecular weight is 172 g/mol. The van der Waals surface area contributed by atoms with Crippen LogP contribution in [0.2, 0.25) is 0 Å². The number of aromatic nitrogens is 3. The van der Waals surface area contributed by atoms with Gasteiger partial charge < -0.3 is 9.97 Å². The number of hydrogen-bond donors (Lipinski definition) is 2. The zero-order valence-corrected chi connectivity index (χ0v) is 6.90. The van der Waals surface area contributed by atoms with E-state index < -0.39 is 0 Å². The number of nitrogens with one attached hydrogen (secondary N) is 2. The molecular formula is C3H2N3S2Si. The van der Waals surface area contributed by atoms with Gasteiger partial charge in [0.2, 0.25) is 0 Å². The van der Waals surface area contributed by atoms with E-state index >= 15 is 0 Å².